The predicted molar refractivity (Wildman–Crippen MR) is 97.8 cm³/mol. The van der Waals surface area contributed by atoms with E-state index in [4.69, 9.17) is 16.3 Å². The Kier molecular flexibility index (Phi) is 5.73. The first-order chi connectivity index (χ1) is 12.1. The van der Waals surface area contributed by atoms with Gasteiger partial charge in [0.05, 0.1) is 17.3 Å². The van der Waals surface area contributed by atoms with Crippen molar-refractivity contribution in [2.45, 2.75) is 12.8 Å². The molecule has 1 saturated heterocycles. The van der Waals surface area contributed by atoms with Crippen LogP contribution in [0, 0.1) is 5.41 Å². The molecule has 134 valence electrons. The van der Waals surface area contributed by atoms with Crippen molar-refractivity contribution in [2.75, 3.05) is 33.4 Å². The highest BCUT2D eigenvalue weighted by molar-refractivity contribution is 6.33. The minimum absolute atomic E-state index is 0.0126. The number of amides is 1. The molecule has 0 saturated carbocycles. The van der Waals surface area contributed by atoms with Gasteiger partial charge >= 0.3 is 0 Å². The van der Waals surface area contributed by atoms with Crippen molar-refractivity contribution in [3.05, 3.63) is 41.0 Å². The normalized spacial score (nSPS) is 16.6. The van der Waals surface area contributed by atoms with Gasteiger partial charge in [-0.25, -0.2) is 0 Å². The van der Waals surface area contributed by atoms with E-state index in [2.05, 4.69) is 20.8 Å². The molecular formula is C18H23ClN4O2. The number of hydrogen-bond donors (Lipinski definition) is 3. The maximum absolute atomic E-state index is 12.5. The minimum atomic E-state index is -0.167. The van der Waals surface area contributed by atoms with Gasteiger partial charge in [0.2, 0.25) is 0 Å². The summed E-state index contributed by atoms with van der Waals surface area (Å²) in [6.45, 7) is 3.12. The van der Waals surface area contributed by atoms with Gasteiger partial charge in [-0.15, -0.1) is 0 Å². The number of nitrogens with zero attached hydrogens (tertiary/aromatic N) is 1. The fourth-order valence-electron chi connectivity index (χ4n) is 3.24. The molecule has 0 unspecified atom stereocenters. The van der Waals surface area contributed by atoms with Gasteiger partial charge in [0.25, 0.3) is 5.91 Å². The van der Waals surface area contributed by atoms with E-state index in [0.29, 0.717) is 29.6 Å². The van der Waals surface area contributed by atoms with Crippen LogP contribution in [0.2, 0.25) is 5.02 Å². The summed E-state index contributed by atoms with van der Waals surface area (Å²) >= 11 is 6.19. The van der Waals surface area contributed by atoms with Crippen LogP contribution in [0.4, 0.5) is 0 Å². The Morgan fingerprint density at radius 1 is 1.36 bits per heavy atom. The van der Waals surface area contributed by atoms with E-state index in [1.54, 1.807) is 19.2 Å². The second-order valence-corrected chi connectivity index (χ2v) is 6.92. The molecule has 0 radical (unpaired) electrons. The SMILES string of the molecule is COCC1(CNC(=O)c2cc(-c3ccccc3Cl)n[nH]2)CCNCC1. The second kappa shape index (κ2) is 7.99. The summed E-state index contributed by atoms with van der Waals surface area (Å²) in [7, 11) is 1.70. The Bertz CT molecular complexity index is 720. The van der Waals surface area contributed by atoms with E-state index >= 15 is 0 Å². The molecule has 2 aromatic rings. The zero-order valence-electron chi connectivity index (χ0n) is 14.3. The van der Waals surface area contributed by atoms with E-state index < -0.39 is 0 Å². The monoisotopic (exact) mass is 362 g/mol. The van der Waals surface area contributed by atoms with Crippen LogP contribution >= 0.6 is 11.6 Å². The first-order valence-corrected chi connectivity index (χ1v) is 8.79. The van der Waals surface area contributed by atoms with Crippen molar-refractivity contribution in [3.8, 4) is 11.3 Å². The second-order valence-electron chi connectivity index (χ2n) is 6.51. The Morgan fingerprint density at radius 2 is 2.12 bits per heavy atom. The third-order valence-corrected chi connectivity index (χ3v) is 5.04. The lowest BCUT2D eigenvalue weighted by atomic mass is 9.79. The maximum Gasteiger partial charge on any atom is 0.269 e. The third-order valence-electron chi connectivity index (χ3n) is 4.71. The fraction of sp³-hybridized carbons (Fsp3) is 0.444. The summed E-state index contributed by atoms with van der Waals surface area (Å²) in [6, 6.07) is 9.16. The standard InChI is InChI=1S/C18H23ClN4O2/c1-25-12-18(6-8-20-9-7-18)11-21-17(24)16-10-15(22-23-16)13-4-2-3-5-14(13)19/h2-5,10,20H,6-9,11-12H2,1H3,(H,21,24)(H,22,23). The highest BCUT2D eigenvalue weighted by Gasteiger charge is 2.32. The van der Waals surface area contributed by atoms with Gasteiger partial charge in [-0.3, -0.25) is 9.89 Å². The van der Waals surface area contributed by atoms with Crippen molar-refractivity contribution in [3.63, 3.8) is 0 Å². The van der Waals surface area contributed by atoms with Crippen molar-refractivity contribution in [1.29, 1.82) is 0 Å². The van der Waals surface area contributed by atoms with Crippen LogP contribution in [-0.4, -0.2) is 49.5 Å². The predicted octanol–water partition coefficient (Wildman–Crippen LogP) is 2.48. The van der Waals surface area contributed by atoms with Crippen molar-refractivity contribution in [1.82, 2.24) is 20.8 Å². The van der Waals surface area contributed by atoms with E-state index in [9.17, 15) is 4.79 Å². The molecule has 0 spiro atoms. The maximum atomic E-state index is 12.5. The van der Waals surface area contributed by atoms with Crippen molar-refractivity contribution < 1.29 is 9.53 Å². The summed E-state index contributed by atoms with van der Waals surface area (Å²) in [5.74, 6) is -0.167. The molecule has 1 fully saturated rings. The quantitative estimate of drug-likeness (QED) is 0.737. The smallest absolute Gasteiger partial charge is 0.269 e. The molecule has 0 aliphatic carbocycles. The molecule has 1 aliphatic rings. The minimum Gasteiger partial charge on any atom is -0.384 e. The molecule has 0 bridgehead atoms. The summed E-state index contributed by atoms with van der Waals surface area (Å²) in [5.41, 5.74) is 1.87. The number of aromatic amines is 1. The lowest BCUT2D eigenvalue weighted by Crippen LogP contribution is -2.47. The summed E-state index contributed by atoms with van der Waals surface area (Å²) in [6.07, 6.45) is 1.96. The van der Waals surface area contributed by atoms with Crippen molar-refractivity contribution >= 4 is 17.5 Å². The molecule has 1 amide bonds. The molecule has 1 aromatic heterocycles. The first-order valence-electron chi connectivity index (χ1n) is 8.42. The molecule has 7 heteroatoms. The number of nitrogens with one attached hydrogen (secondary N) is 3. The molecule has 1 aliphatic heterocycles. The highest BCUT2D eigenvalue weighted by Crippen LogP contribution is 2.29. The number of carbonyl (C=O) groups is 1. The van der Waals surface area contributed by atoms with Crippen LogP contribution in [0.25, 0.3) is 11.3 Å². The van der Waals surface area contributed by atoms with Crippen LogP contribution in [0.15, 0.2) is 30.3 Å². The Labute approximate surface area is 152 Å². The molecule has 6 nitrogen and oxygen atoms in total. The average Bonchev–Trinajstić information content (AvgIpc) is 3.11. The number of ether oxygens (including phenoxy) is 1. The molecule has 1 aromatic carbocycles. The molecule has 25 heavy (non-hydrogen) atoms. The van der Waals surface area contributed by atoms with Crippen LogP contribution in [-0.2, 0) is 4.74 Å². The van der Waals surface area contributed by atoms with Gasteiger partial charge in [-0.2, -0.15) is 5.10 Å². The number of aromatic nitrogens is 2. The molecular weight excluding hydrogens is 340 g/mol. The lowest BCUT2D eigenvalue weighted by molar-refractivity contribution is 0.0510. The molecule has 3 N–H and O–H groups in total. The number of methoxy groups -OCH3 is 1. The molecule has 0 atom stereocenters. The zero-order valence-corrected chi connectivity index (χ0v) is 15.0. The third kappa shape index (κ3) is 4.21. The van der Waals surface area contributed by atoms with E-state index in [1.807, 2.05) is 18.2 Å². The lowest BCUT2D eigenvalue weighted by Gasteiger charge is -2.37. The summed E-state index contributed by atoms with van der Waals surface area (Å²) < 4.78 is 5.38. The van der Waals surface area contributed by atoms with Gasteiger partial charge in [-0.1, -0.05) is 29.8 Å². The number of hydrogen-bond acceptors (Lipinski definition) is 4. The molecule has 2 heterocycles. The largest absolute Gasteiger partial charge is 0.384 e. The highest BCUT2D eigenvalue weighted by atomic mass is 35.5. The topological polar surface area (TPSA) is 79.0 Å². The van der Waals surface area contributed by atoms with E-state index in [0.717, 1.165) is 31.5 Å². The fourth-order valence-corrected chi connectivity index (χ4v) is 3.48. The number of benzene rings is 1. The number of H-pyrrole nitrogens is 1. The van der Waals surface area contributed by atoms with Crippen LogP contribution in [0.3, 0.4) is 0 Å². The van der Waals surface area contributed by atoms with E-state index in [-0.39, 0.29) is 11.3 Å². The zero-order chi connectivity index (χ0) is 17.7. The van der Waals surface area contributed by atoms with Crippen LogP contribution < -0.4 is 10.6 Å². The molecule has 3 rings (SSSR count). The first kappa shape index (κ1) is 17.9. The van der Waals surface area contributed by atoms with Gasteiger partial charge in [0, 0.05) is 24.6 Å². The van der Waals surface area contributed by atoms with Gasteiger partial charge < -0.3 is 15.4 Å². The Balaban J connectivity index is 1.66. The number of halogens is 1. The summed E-state index contributed by atoms with van der Waals surface area (Å²) in [4.78, 5) is 12.5. The van der Waals surface area contributed by atoms with Gasteiger partial charge in [-0.05, 0) is 38.1 Å². The van der Waals surface area contributed by atoms with E-state index in [1.165, 1.54) is 0 Å². The van der Waals surface area contributed by atoms with Gasteiger partial charge in [0.15, 0.2) is 0 Å². The average molecular weight is 363 g/mol. The van der Waals surface area contributed by atoms with Crippen LogP contribution in [0.1, 0.15) is 23.3 Å². The number of carbonyl (C=O) groups excluding carboxylic acids is 1. The van der Waals surface area contributed by atoms with Crippen LogP contribution in [0.5, 0.6) is 0 Å². The number of piperidine rings is 1. The number of rotatable bonds is 6. The Hall–Kier alpha value is -1.89. The van der Waals surface area contributed by atoms with Crippen molar-refractivity contribution in [2.24, 2.45) is 5.41 Å². The van der Waals surface area contributed by atoms with Gasteiger partial charge in [0.1, 0.15) is 5.69 Å². The Morgan fingerprint density at radius 3 is 2.84 bits per heavy atom. The summed E-state index contributed by atoms with van der Waals surface area (Å²) in [5, 5.41) is 14.0.